The Morgan fingerprint density at radius 3 is 2.71 bits per heavy atom. The van der Waals surface area contributed by atoms with Gasteiger partial charge in [0, 0.05) is 16.8 Å². The molecule has 2 N–H and O–H groups in total. The van der Waals surface area contributed by atoms with E-state index < -0.39 is 17.5 Å². The molecule has 10 heteroatoms. The van der Waals surface area contributed by atoms with Gasteiger partial charge in [0.15, 0.2) is 17.5 Å². The fourth-order valence-corrected chi connectivity index (χ4v) is 5.15. The van der Waals surface area contributed by atoms with E-state index in [2.05, 4.69) is 20.7 Å². The second-order valence-corrected chi connectivity index (χ2v) is 11.0. The van der Waals surface area contributed by atoms with Crippen molar-refractivity contribution in [2.75, 3.05) is 10.6 Å². The predicted molar refractivity (Wildman–Crippen MR) is 148 cm³/mol. The highest BCUT2D eigenvalue weighted by atomic mass is 32.1. The van der Waals surface area contributed by atoms with Crippen molar-refractivity contribution in [1.82, 2.24) is 14.8 Å². The summed E-state index contributed by atoms with van der Waals surface area (Å²) in [6.45, 7) is 10.1. The number of pyridine rings is 1. The fourth-order valence-electron chi connectivity index (χ4n) is 4.24. The molecular weight excluding hydrogens is 503 g/mol. The summed E-state index contributed by atoms with van der Waals surface area (Å²) in [5, 5.41) is 23.3. The molecule has 0 radical (unpaired) electrons. The van der Waals surface area contributed by atoms with Crippen LogP contribution >= 0.6 is 11.3 Å². The maximum atomic E-state index is 15.2. The van der Waals surface area contributed by atoms with Crippen LogP contribution in [0.4, 0.5) is 21.7 Å². The van der Waals surface area contributed by atoms with Crippen molar-refractivity contribution in [3.05, 3.63) is 64.2 Å². The smallest absolute Gasteiger partial charge is 0.306 e. The number of nitrogens with one attached hydrogen (secondary N) is 2. The van der Waals surface area contributed by atoms with E-state index in [-0.39, 0.29) is 35.5 Å². The maximum absolute atomic E-state index is 15.2. The van der Waals surface area contributed by atoms with Crippen LogP contribution in [-0.4, -0.2) is 26.3 Å². The molecule has 0 aliphatic carbocycles. The first kappa shape index (κ1) is 27.1. The largest absolute Gasteiger partial charge is 0.460 e. The van der Waals surface area contributed by atoms with Crippen molar-refractivity contribution in [3.63, 3.8) is 0 Å². The number of benzene rings is 1. The van der Waals surface area contributed by atoms with Gasteiger partial charge in [0.25, 0.3) is 0 Å². The number of ether oxygens (including phenoxy) is 1. The fraction of sp³-hybridized carbons (Fsp3) is 0.357. The summed E-state index contributed by atoms with van der Waals surface area (Å²) in [4.78, 5) is 18.0. The molecule has 1 aromatic carbocycles. The van der Waals surface area contributed by atoms with Crippen molar-refractivity contribution < 1.29 is 13.9 Å². The molecule has 198 valence electrons. The van der Waals surface area contributed by atoms with Crippen molar-refractivity contribution in [2.24, 2.45) is 5.92 Å². The van der Waals surface area contributed by atoms with Gasteiger partial charge >= 0.3 is 5.97 Å². The van der Waals surface area contributed by atoms with E-state index in [0.717, 1.165) is 21.8 Å². The van der Waals surface area contributed by atoms with Gasteiger partial charge in [-0.2, -0.15) is 10.4 Å². The molecule has 8 nitrogen and oxygen atoms in total. The van der Waals surface area contributed by atoms with Gasteiger partial charge in [-0.3, -0.25) is 9.48 Å². The number of nitriles is 1. The highest BCUT2D eigenvalue weighted by Crippen LogP contribution is 2.34. The van der Waals surface area contributed by atoms with E-state index in [9.17, 15) is 10.1 Å². The minimum absolute atomic E-state index is 0.0163. The molecule has 0 aliphatic heterocycles. The Labute approximate surface area is 225 Å². The lowest BCUT2D eigenvalue weighted by molar-refractivity contribution is -0.155. The van der Waals surface area contributed by atoms with Gasteiger partial charge in [-0.1, -0.05) is 19.1 Å². The van der Waals surface area contributed by atoms with Gasteiger partial charge < -0.3 is 15.4 Å². The lowest BCUT2D eigenvalue weighted by Crippen LogP contribution is -2.27. The van der Waals surface area contributed by atoms with Crippen LogP contribution in [0.25, 0.3) is 10.9 Å². The first-order chi connectivity index (χ1) is 18.1. The van der Waals surface area contributed by atoms with Gasteiger partial charge in [0.2, 0.25) is 0 Å². The first-order valence-electron chi connectivity index (χ1n) is 12.4. The summed E-state index contributed by atoms with van der Waals surface area (Å²) in [5.41, 5.74) is 1.12. The van der Waals surface area contributed by atoms with Crippen molar-refractivity contribution in [3.8, 4) is 6.07 Å². The number of thiophene rings is 1. The van der Waals surface area contributed by atoms with Gasteiger partial charge in [0.1, 0.15) is 11.7 Å². The molecule has 0 saturated carbocycles. The topological polar surface area (TPSA) is 105 Å². The molecule has 0 unspecified atom stereocenters. The molecule has 3 heterocycles. The number of aryl methyl sites for hydroxylation is 1. The number of nitrogens with zero attached hydrogens (tertiary/aromatic N) is 4. The summed E-state index contributed by atoms with van der Waals surface area (Å²) in [7, 11) is 0. The van der Waals surface area contributed by atoms with Gasteiger partial charge in [0.05, 0.1) is 35.4 Å². The van der Waals surface area contributed by atoms with E-state index in [1.54, 1.807) is 6.20 Å². The number of fused-ring (bicyclic) bond motifs is 1. The molecule has 2 atom stereocenters. The number of hydrogen-bond donors (Lipinski definition) is 2. The van der Waals surface area contributed by atoms with Gasteiger partial charge in [-0.15, -0.1) is 11.3 Å². The van der Waals surface area contributed by atoms with Gasteiger partial charge in [-0.25, -0.2) is 9.37 Å². The molecule has 4 aromatic rings. The summed E-state index contributed by atoms with van der Waals surface area (Å²) < 4.78 is 22.6. The number of halogens is 1. The van der Waals surface area contributed by atoms with E-state index in [4.69, 9.17) is 4.74 Å². The van der Waals surface area contributed by atoms with Gasteiger partial charge in [-0.05, 0) is 63.3 Å². The Morgan fingerprint density at radius 1 is 1.26 bits per heavy atom. The third-order valence-corrected chi connectivity index (χ3v) is 6.91. The van der Waals surface area contributed by atoms with E-state index in [0.29, 0.717) is 12.2 Å². The number of aromatic nitrogens is 3. The lowest BCUT2D eigenvalue weighted by Gasteiger charge is -2.26. The highest BCUT2D eigenvalue weighted by Gasteiger charge is 2.27. The van der Waals surface area contributed by atoms with Crippen LogP contribution < -0.4 is 10.6 Å². The van der Waals surface area contributed by atoms with Crippen LogP contribution in [0, 0.1) is 23.1 Å². The zero-order valence-electron chi connectivity index (χ0n) is 22.1. The third-order valence-electron chi connectivity index (χ3n) is 5.96. The van der Waals surface area contributed by atoms with Crippen LogP contribution in [-0.2, 0) is 16.1 Å². The Kier molecular flexibility index (Phi) is 7.97. The van der Waals surface area contributed by atoms with Crippen LogP contribution in [0.2, 0.25) is 0 Å². The maximum Gasteiger partial charge on any atom is 0.306 e. The zero-order valence-corrected chi connectivity index (χ0v) is 22.9. The Balaban J connectivity index is 1.65. The normalized spacial score (nSPS) is 13.1. The lowest BCUT2D eigenvalue weighted by atomic mass is 9.96. The number of rotatable bonds is 9. The second-order valence-electron chi connectivity index (χ2n) is 10.1. The van der Waals surface area contributed by atoms with Crippen molar-refractivity contribution in [2.45, 2.75) is 59.2 Å². The highest BCUT2D eigenvalue weighted by molar-refractivity contribution is 7.10. The summed E-state index contributed by atoms with van der Waals surface area (Å²) >= 11 is 1.50. The predicted octanol–water partition coefficient (Wildman–Crippen LogP) is 6.79. The molecule has 0 bridgehead atoms. The quantitative estimate of drug-likeness (QED) is 0.228. The molecule has 0 spiro atoms. The van der Waals surface area contributed by atoms with Crippen LogP contribution in [0.1, 0.15) is 57.5 Å². The number of carbonyl (C=O) groups is 1. The third kappa shape index (κ3) is 6.11. The minimum Gasteiger partial charge on any atom is -0.460 e. The average molecular weight is 535 g/mol. The Morgan fingerprint density at radius 2 is 2.05 bits per heavy atom. The molecule has 0 amide bonds. The average Bonchev–Trinajstić information content (AvgIpc) is 3.53. The summed E-state index contributed by atoms with van der Waals surface area (Å²) in [5.74, 6) is -1.01. The molecule has 4 rings (SSSR count). The zero-order chi connectivity index (χ0) is 27.4. The standard InChI is InChI=1S/C28H31FN6O2S/c1-6-35-22-10-7-9-21(19(22)16-31-35)32-26-18(15-30)14-20(29)27(34-26)33-25(23-11-8-12-38-23)17(2)13-24(36)37-28(3,4)5/h7-12,14,16-17,25H,6,13H2,1-5H3,(H2,32,33,34)/t17-,25+/m1/s1. The SMILES string of the molecule is CCn1ncc2c(Nc3nc(N[C@H](c4cccs4)[C@H](C)CC(=O)OC(C)(C)C)c(F)cc3C#N)cccc21. The molecule has 0 saturated heterocycles. The van der Waals surface area contributed by atoms with Crippen LogP contribution in [0.5, 0.6) is 0 Å². The van der Waals surface area contributed by atoms with Crippen molar-refractivity contribution in [1.29, 1.82) is 5.26 Å². The molecule has 38 heavy (non-hydrogen) atoms. The number of carbonyl (C=O) groups excluding carboxylic acids is 1. The van der Waals surface area contributed by atoms with Crippen molar-refractivity contribution >= 4 is 45.5 Å². The molecule has 3 aromatic heterocycles. The Hall–Kier alpha value is -3.97. The molecule has 0 fully saturated rings. The number of esters is 1. The van der Waals surface area contributed by atoms with Crippen LogP contribution in [0.3, 0.4) is 0 Å². The van der Waals surface area contributed by atoms with Crippen LogP contribution in [0.15, 0.2) is 48.0 Å². The first-order valence-corrected chi connectivity index (χ1v) is 13.3. The number of anilines is 3. The van der Waals surface area contributed by atoms with E-state index >= 15 is 4.39 Å². The Bertz CT molecular complexity index is 1470. The van der Waals surface area contributed by atoms with E-state index in [1.807, 2.05) is 81.1 Å². The molecule has 0 aliphatic rings. The molecular formula is C28H31FN6O2S. The second kappa shape index (κ2) is 11.2. The van der Waals surface area contributed by atoms with E-state index in [1.165, 1.54) is 11.3 Å². The monoisotopic (exact) mass is 534 g/mol. The summed E-state index contributed by atoms with van der Waals surface area (Å²) in [6, 6.07) is 12.3. The number of hydrogen-bond acceptors (Lipinski definition) is 8. The minimum atomic E-state index is -0.657. The summed E-state index contributed by atoms with van der Waals surface area (Å²) in [6.07, 6.45) is 1.89.